The number of halogens is 6. The van der Waals surface area contributed by atoms with Gasteiger partial charge in [0.1, 0.15) is 0 Å². The Morgan fingerprint density at radius 3 is 1.04 bits per heavy atom. The quantitative estimate of drug-likeness (QED) is 0.605. The van der Waals surface area contributed by atoms with Crippen molar-refractivity contribution >= 4 is 11.9 Å². The van der Waals surface area contributed by atoms with Gasteiger partial charge in [-0.25, -0.2) is 9.59 Å². The molecule has 10 heteroatoms. The molecule has 0 heterocycles. The van der Waals surface area contributed by atoms with Crippen molar-refractivity contribution in [3.63, 3.8) is 0 Å². The Morgan fingerprint density at radius 2 is 0.833 bits per heavy atom. The van der Waals surface area contributed by atoms with Gasteiger partial charge < -0.3 is 10.2 Å². The van der Waals surface area contributed by atoms with Gasteiger partial charge in [-0.05, 0) is 31.1 Å². The molecule has 2 N–H and O–H groups in total. The van der Waals surface area contributed by atoms with Gasteiger partial charge in [0, 0.05) is 0 Å². The van der Waals surface area contributed by atoms with Crippen molar-refractivity contribution < 1.29 is 46.1 Å². The molecule has 0 amide bonds. The van der Waals surface area contributed by atoms with Gasteiger partial charge in [0.15, 0.2) is 0 Å². The molecular weight excluding hydrogens is 346 g/mol. The van der Waals surface area contributed by atoms with Crippen LogP contribution in [0.15, 0.2) is 0 Å². The van der Waals surface area contributed by atoms with Crippen LogP contribution in [-0.4, -0.2) is 34.5 Å². The lowest BCUT2D eigenvalue weighted by molar-refractivity contribution is -0.193. The minimum absolute atomic E-state index is 0.873. The van der Waals surface area contributed by atoms with Crippen LogP contribution in [0.2, 0.25) is 0 Å². The van der Waals surface area contributed by atoms with E-state index >= 15 is 0 Å². The average molecular weight is 366 g/mol. The van der Waals surface area contributed by atoms with Gasteiger partial charge in [-0.2, -0.15) is 26.3 Å². The van der Waals surface area contributed by atoms with E-state index in [2.05, 4.69) is 0 Å². The molecule has 0 radical (unpaired) electrons. The van der Waals surface area contributed by atoms with E-state index in [9.17, 15) is 26.3 Å². The second-order valence-electron chi connectivity index (χ2n) is 5.87. The first-order valence-electron chi connectivity index (χ1n) is 7.40. The lowest BCUT2D eigenvalue weighted by Crippen LogP contribution is -2.21. The molecule has 2 saturated carbocycles. The highest BCUT2D eigenvalue weighted by Gasteiger charge is 2.39. The van der Waals surface area contributed by atoms with Gasteiger partial charge in [-0.1, -0.05) is 32.1 Å². The van der Waals surface area contributed by atoms with Gasteiger partial charge in [-0.15, -0.1) is 0 Å². The molecule has 1 spiro atoms. The Morgan fingerprint density at radius 1 is 0.625 bits per heavy atom. The zero-order valence-electron chi connectivity index (χ0n) is 12.8. The molecule has 24 heavy (non-hydrogen) atoms. The molecular formula is C14H20F6O4. The van der Waals surface area contributed by atoms with Crippen LogP contribution in [0, 0.1) is 5.41 Å². The molecule has 0 saturated heterocycles. The molecule has 0 bridgehead atoms. The van der Waals surface area contributed by atoms with E-state index in [0.29, 0.717) is 0 Å². The topological polar surface area (TPSA) is 74.6 Å². The summed E-state index contributed by atoms with van der Waals surface area (Å²) in [5.41, 5.74) is 0.873. The summed E-state index contributed by atoms with van der Waals surface area (Å²) in [7, 11) is 0. The normalized spacial score (nSPS) is 19.6. The van der Waals surface area contributed by atoms with E-state index in [1.165, 1.54) is 32.1 Å². The summed E-state index contributed by atoms with van der Waals surface area (Å²) < 4.78 is 63.5. The van der Waals surface area contributed by atoms with Crippen LogP contribution in [0.5, 0.6) is 0 Å². The van der Waals surface area contributed by atoms with Gasteiger partial charge in [0.2, 0.25) is 0 Å². The maximum Gasteiger partial charge on any atom is 0.490 e. The average Bonchev–Trinajstić information content (AvgIpc) is 2.87. The number of carbonyl (C=O) groups is 2. The number of hydrogen-bond acceptors (Lipinski definition) is 2. The van der Waals surface area contributed by atoms with E-state index in [4.69, 9.17) is 19.8 Å². The van der Waals surface area contributed by atoms with Crippen molar-refractivity contribution in [3.8, 4) is 0 Å². The van der Waals surface area contributed by atoms with Crippen LogP contribution < -0.4 is 0 Å². The van der Waals surface area contributed by atoms with Crippen LogP contribution >= 0.6 is 0 Å². The van der Waals surface area contributed by atoms with E-state index in [1.54, 1.807) is 25.7 Å². The van der Waals surface area contributed by atoms with Crippen LogP contribution in [0.3, 0.4) is 0 Å². The Labute approximate surface area is 134 Å². The number of carboxylic acids is 2. The molecule has 2 aliphatic rings. The van der Waals surface area contributed by atoms with Gasteiger partial charge >= 0.3 is 24.3 Å². The molecule has 0 aromatic carbocycles. The van der Waals surface area contributed by atoms with Crippen LogP contribution in [0.1, 0.15) is 57.8 Å². The molecule has 0 aromatic rings. The highest BCUT2D eigenvalue weighted by molar-refractivity contribution is 5.73. The van der Waals surface area contributed by atoms with E-state index in [-0.39, 0.29) is 0 Å². The SMILES string of the molecule is C1CCC2(CC1)CCCC2.O=C(O)C(F)(F)F.O=C(O)C(F)(F)F. The number of alkyl halides is 6. The van der Waals surface area contributed by atoms with E-state index in [0.717, 1.165) is 5.41 Å². The zero-order valence-corrected chi connectivity index (χ0v) is 12.8. The van der Waals surface area contributed by atoms with Crippen LogP contribution in [0.4, 0.5) is 26.3 Å². The first-order valence-corrected chi connectivity index (χ1v) is 7.40. The van der Waals surface area contributed by atoms with Gasteiger partial charge in [0.25, 0.3) is 0 Å². The van der Waals surface area contributed by atoms with E-state index in [1.807, 2.05) is 0 Å². The third kappa shape index (κ3) is 8.97. The lowest BCUT2D eigenvalue weighted by Gasteiger charge is -2.32. The van der Waals surface area contributed by atoms with Crippen LogP contribution in [0.25, 0.3) is 0 Å². The number of carboxylic acid groups (broad SMARTS) is 2. The molecule has 2 rings (SSSR count). The monoisotopic (exact) mass is 366 g/mol. The minimum atomic E-state index is -5.08. The molecule has 0 aliphatic heterocycles. The first kappa shape index (κ1) is 22.5. The highest BCUT2D eigenvalue weighted by atomic mass is 19.4. The second-order valence-corrected chi connectivity index (χ2v) is 5.87. The standard InChI is InChI=1S/C10H18.2C2HF3O2/c1-2-6-10(7-3-1)8-4-5-9-10;2*3-2(4,5)1(6)7/h1-9H2;2*(H,6,7). The molecule has 0 aromatic heterocycles. The number of aliphatic carboxylic acids is 2. The predicted molar refractivity (Wildman–Crippen MR) is 71.4 cm³/mol. The van der Waals surface area contributed by atoms with Crippen molar-refractivity contribution in [1.29, 1.82) is 0 Å². The lowest BCUT2D eigenvalue weighted by atomic mass is 9.73. The minimum Gasteiger partial charge on any atom is -0.475 e. The fourth-order valence-corrected chi connectivity index (χ4v) is 2.93. The maximum atomic E-state index is 10.6. The second kappa shape index (κ2) is 9.12. The maximum absolute atomic E-state index is 10.6. The Kier molecular flexibility index (Phi) is 8.56. The summed E-state index contributed by atoms with van der Waals surface area (Å²) in [5, 5.41) is 14.2. The van der Waals surface area contributed by atoms with Crippen molar-refractivity contribution in [1.82, 2.24) is 0 Å². The largest absolute Gasteiger partial charge is 0.490 e. The van der Waals surface area contributed by atoms with Crippen LogP contribution in [-0.2, 0) is 9.59 Å². The summed E-state index contributed by atoms with van der Waals surface area (Å²) in [5.74, 6) is -5.51. The molecule has 2 aliphatic carbocycles. The molecule has 142 valence electrons. The Hall–Kier alpha value is -1.48. The highest BCUT2D eigenvalue weighted by Crippen LogP contribution is 2.48. The zero-order chi connectivity index (χ0) is 19.0. The Balaban J connectivity index is 0.000000343. The molecule has 2 fully saturated rings. The number of hydrogen-bond donors (Lipinski definition) is 2. The number of rotatable bonds is 0. The Bertz CT molecular complexity index is 378. The summed E-state index contributed by atoms with van der Waals surface area (Å²) in [6, 6.07) is 0. The summed E-state index contributed by atoms with van der Waals surface area (Å²) >= 11 is 0. The smallest absolute Gasteiger partial charge is 0.475 e. The third-order valence-electron chi connectivity index (χ3n) is 4.06. The van der Waals surface area contributed by atoms with Crippen molar-refractivity contribution in [2.75, 3.05) is 0 Å². The molecule has 0 atom stereocenters. The third-order valence-corrected chi connectivity index (χ3v) is 4.06. The van der Waals surface area contributed by atoms with Gasteiger partial charge in [-0.3, -0.25) is 0 Å². The first-order chi connectivity index (χ1) is 10.8. The fourth-order valence-electron chi connectivity index (χ4n) is 2.93. The van der Waals surface area contributed by atoms with E-state index < -0.39 is 24.3 Å². The molecule has 4 nitrogen and oxygen atoms in total. The van der Waals surface area contributed by atoms with Gasteiger partial charge in [0.05, 0.1) is 0 Å². The fraction of sp³-hybridized carbons (Fsp3) is 0.857. The summed E-state index contributed by atoms with van der Waals surface area (Å²) in [4.78, 5) is 17.8. The molecule has 0 unspecified atom stereocenters. The van der Waals surface area contributed by atoms with Crippen molar-refractivity contribution in [2.45, 2.75) is 70.1 Å². The van der Waals surface area contributed by atoms with Crippen molar-refractivity contribution in [3.05, 3.63) is 0 Å². The predicted octanol–water partition coefficient (Wildman–Crippen LogP) is 4.78. The summed E-state index contributed by atoms with van der Waals surface area (Å²) in [6.45, 7) is 0. The summed E-state index contributed by atoms with van der Waals surface area (Å²) in [6.07, 6.45) is 3.71. The van der Waals surface area contributed by atoms with Crippen molar-refractivity contribution in [2.24, 2.45) is 5.41 Å².